The number of hydrogen-bond acceptors (Lipinski definition) is 4. The van der Waals surface area contributed by atoms with Crippen LogP contribution in [0.5, 0.6) is 0 Å². The molecule has 3 rings (SSSR count). The van der Waals surface area contributed by atoms with Crippen LogP contribution in [-0.2, 0) is 10.0 Å². The third-order valence-corrected chi connectivity index (χ3v) is 5.90. The highest BCUT2D eigenvalue weighted by molar-refractivity contribution is 7.92. The van der Waals surface area contributed by atoms with E-state index in [1.807, 2.05) is 0 Å². The molecule has 0 spiro atoms. The van der Waals surface area contributed by atoms with Crippen LogP contribution in [-0.4, -0.2) is 38.4 Å². The molecule has 0 aromatic heterocycles. The van der Waals surface area contributed by atoms with Gasteiger partial charge < -0.3 is 10.6 Å². The molecule has 1 heterocycles. The van der Waals surface area contributed by atoms with Crippen molar-refractivity contribution < 1.29 is 13.2 Å². The predicted molar refractivity (Wildman–Crippen MR) is 102 cm³/mol. The van der Waals surface area contributed by atoms with Gasteiger partial charge in [-0.05, 0) is 61.4 Å². The third-order valence-electron chi connectivity index (χ3n) is 4.25. The number of nitrogens with two attached hydrogens (primary N) is 1. The third kappa shape index (κ3) is 4.35. The highest BCUT2D eigenvalue weighted by Gasteiger charge is 2.23. The van der Waals surface area contributed by atoms with Crippen molar-refractivity contribution in [1.82, 2.24) is 4.90 Å². The number of amides is 1. The molecule has 2 aromatic rings. The monoisotopic (exact) mass is 393 g/mol. The molecule has 1 atom stereocenters. The fourth-order valence-corrected chi connectivity index (χ4v) is 4.07. The average molecular weight is 394 g/mol. The van der Waals surface area contributed by atoms with E-state index >= 15 is 0 Å². The number of carbonyl (C=O) groups is 1. The Morgan fingerprint density at radius 3 is 2.38 bits per heavy atom. The maximum absolute atomic E-state index is 12.5. The van der Waals surface area contributed by atoms with Crippen molar-refractivity contribution in [2.75, 3.05) is 17.8 Å². The molecule has 1 unspecified atom stereocenters. The van der Waals surface area contributed by atoms with Gasteiger partial charge in [-0.1, -0.05) is 11.6 Å². The summed E-state index contributed by atoms with van der Waals surface area (Å²) in [5.41, 5.74) is 6.78. The average Bonchev–Trinajstić information content (AvgIpc) is 2.63. The Hall–Kier alpha value is -2.09. The van der Waals surface area contributed by atoms with Crippen molar-refractivity contribution in [2.45, 2.75) is 23.8 Å². The summed E-state index contributed by atoms with van der Waals surface area (Å²) in [6.07, 6.45) is 1.79. The highest BCUT2D eigenvalue weighted by atomic mass is 35.5. The van der Waals surface area contributed by atoms with Crippen LogP contribution in [0.2, 0.25) is 5.02 Å². The lowest BCUT2D eigenvalue weighted by Gasteiger charge is -2.30. The summed E-state index contributed by atoms with van der Waals surface area (Å²) in [4.78, 5) is 14.3. The molecular weight excluding hydrogens is 374 g/mol. The molecule has 1 fully saturated rings. The molecule has 2 aromatic carbocycles. The minimum Gasteiger partial charge on any atom is -0.337 e. The number of likely N-dealkylation sites (tertiary alicyclic amines) is 1. The van der Waals surface area contributed by atoms with E-state index < -0.39 is 10.0 Å². The number of benzene rings is 2. The van der Waals surface area contributed by atoms with Crippen molar-refractivity contribution >= 4 is 33.2 Å². The van der Waals surface area contributed by atoms with Crippen molar-refractivity contribution in [2.24, 2.45) is 5.73 Å². The summed E-state index contributed by atoms with van der Waals surface area (Å²) >= 11 is 5.80. The molecular formula is C18H20ClN3O3S. The van der Waals surface area contributed by atoms with E-state index in [1.54, 1.807) is 29.2 Å². The maximum Gasteiger partial charge on any atom is 0.261 e. The molecule has 1 aliphatic rings. The zero-order chi connectivity index (χ0) is 18.7. The van der Waals surface area contributed by atoms with Crippen molar-refractivity contribution in [3.63, 3.8) is 0 Å². The SMILES string of the molecule is NC1CCCN(C(=O)c2ccc(S(=O)(=O)Nc3ccc(Cl)cc3)cc2)C1. The first kappa shape index (κ1) is 18.7. The molecule has 0 radical (unpaired) electrons. The molecule has 1 saturated heterocycles. The van der Waals surface area contributed by atoms with Gasteiger partial charge in [-0.15, -0.1) is 0 Å². The van der Waals surface area contributed by atoms with E-state index in [1.165, 1.54) is 24.3 Å². The lowest BCUT2D eigenvalue weighted by Crippen LogP contribution is -2.45. The Kier molecular flexibility index (Phi) is 5.50. The molecule has 8 heteroatoms. The van der Waals surface area contributed by atoms with Crippen molar-refractivity contribution in [3.05, 3.63) is 59.1 Å². The number of nitrogens with one attached hydrogen (secondary N) is 1. The van der Waals surface area contributed by atoms with Crippen molar-refractivity contribution in [3.8, 4) is 0 Å². The summed E-state index contributed by atoms with van der Waals surface area (Å²) in [5, 5.41) is 0.522. The Balaban J connectivity index is 1.73. The normalized spacial score (nSPS) is 17.8. The molecule has 138 valence electrons. The zero-order valence-corrected chi connectivity index (χ0v) is 15.6. The van der Waals surface area contributed by atoms with Gasteiger partial charge in [0.1, 0.15) is 0 Å². The second-order valence-corrected chi connectivity index (χ2v) is 8.41. The molecule has 1 amide bonds. The number of halogens is 1. The van der Waals surface area contributed by atoms with Crippen LogP contribution in [0.3, 0.4) is 0 Å². The topological polar surface area (TPSA) is 92.5 Å². The second kappa shape index (κ2) is 7.65. The number of carbonyl (C=O) groups excluding carboxylic acids is 1. The lowest BCUT2D eigenvalue weighted by molar-refractivity contribution is 0.0708. The zero-order valence-electron chi connectivity index (χ0n) is 14.1. The number of nitrogens with zero attached hydrogens (tertiary/aromatic N) is 1. The number of anilines is 1. The molecule has 0 saturated carbocycles. The van der Waals surface area contributed by atoms with E-state index in [4.69, 9.17) is 17.3 Å². The first-order valence-electron chi connectivity index (χ1n) is 8.28. The van der Waals surface area contributed by atoms with E-state index in [9.17, 15) is 13.2 Å². The lowest BCUT2D eigenvalue weighted by atomic mass is 10.1. The van der Waals surface area contributed by atoms with E-state index in [0.717, 1.165) is 12.8 Å². The van der Waals surface area contributed by atoms with Crippen LogP contribution in [0.15, 0.2) is 53.4 Å². The Labute approximate surface area is 158 Å². The number of sulfonamides is 1. The molecule has 0 bridgehead atoms. The fourth-order valence-electron chi connectivity index (χ4n) is 2.89. The van der Waals surface area contributed by atoms with Gasteiger partial charge in [-0.3, -0.25) is 9.52 Å². The van der Waals surface area contributed by atoms with Crippen LogP contribution in [0.4, 0.5) is 5.69 Å². The van der Waals surface area contributed by atoms with Crippen LogP contribution >= 0.6 is 11.6 Å². The summed E-state index contributed by atoms with van der Waals surface area (Å²) in [7, 11) is -3.74. The summed E-state index contributed by atoms with van der Waals surface area (Å²) in [5.74, 6) is -0.130. The largest absolute Gasteiger partial charge is 0.337 e. The summed E-state index contributed by atoms with van der Waals surface area (Å²) in [6.45, 7) is 1.20. The number of rotatable bonds is 4. The van der Waals surface area contributed by atoms with Crippen LogP contribution in [0, 0.1) is 0 Å². The predicted octanol–water partition coefficient (Wildman–Crippen LogP) is 2.70. The van der Waals surface area contributed by atoms with E-state index in [-0.39, 0.29) is 16.8 Å². The van der Waals surface area contributed by atoms with Gasteiger partial charge in [-0.25, -0.2) is 8.42 Å². The summed E-state index contributed by atoms with van der Waals surface area (Å²) < 4.78 is 27.4. The van der Waals surface area contributed by atoms with Gasteiger partial charge in [0.25, 0.3) is 15.9 Å². The second-order valence-electron chi connectivity index (χ2n) is 6.29. The van der Waals surface area contributed by atoms with Gasteiger partial charge in [0.15, 0.2) is 0 Å². The van der Waals surface area contributed by atoms with Gasteiger partial charge in [0, 0.05) is 35.4 Å². The quantitative estimate of drug-likeness (QED) is 0.835. The van der Waals surface area contributed by atoms with E-state index in [0.29, 0.717) is 29.4 Å². The first-order chi connectivity index (χ1) is 12.3. The van der Waals surface area contributed by atoms with Crippen LogP contribution in [0.25, 0.3) is 0 Å². The fraction of sp³-hybridized carbons (Fsp3) is 0.278. The standard InChI is InChI=1S/C18H20ClN3O3S/c19-14-5-7-16(8-6-14)21-26(24,25)17-9-3-13(4-10-17)18(23)22-11-1-2-15(20)12-22/h3-10,15,21H,1-2,11-12,20H2. The first-order valence-corrected chi connectivity index (χ1v) is 10.1. The minimum atomic E-state index is -3.74. The molecule has 3 N–H and O–H groups in total. The van der Waals surface area contributed by atoms with Gasteiger partial charge in [-0.2, -0.15) is 0 Å². The van der Waals surface area contributed by atoms with Crippen LogP contribution < -0.4 is 10.5 Å². The number of piperidine rings is 1. The van der Waals surface area contributed by atoms with Crippen LogP contribution in [0.1, 0.15) is 23.2 Å². The van der Waals surface area contributed by atoms with E-state index in [2.05, 4.69) is 4.72 Å². The molecule has 6 nitrogen and oxygen atoms in total. The van der Waals surface area contributed by atoms with Gasteiger partial charge in [0.05, 0.1) is 4.90 Å². The number of hydrogen-bond donors (Lipinski definition) is 2. The molecule has 26 heavy (non-hydrogen) atoms. The molecule has 1 aliphatic heterocycles. The Morgan fingerprint density at radius 1 is 1.12 bits per heavy atom. The Bertz CT molecular complexity index is 883. The molecule has 0 aliphatic carbocycles. The smallest absolute Gasteiger partial charge is 0.261 e. The Morgan fingerprint density at radius 2 is 1.77 bits per heavy atom. The maximum atomic E-state index is 12.5. The van der Waals surface area contributed by atoms with Gasteiger partial charge >= 0.3 is 0 Å². The minimum absolute atomic E-state index is 0.00377. The highest BCUT2D eigenvalue weighted by Crippen LogP contribution is 2.20. The summed E-state index contributed by atoms with van der Waals surface area (Å²) in [6, 6.07) is 12.3. The van der Waals surface area contributed by atoms with Gasteiger partial charge in [0.2, 0.25) is 0 Å². The van der Waals surface area contributed by atoms with Crippen molar-refractivity contribution in [1.29, 1.82) is 0 Å².